The number of rotatable bonds is 6. The van der Waals surface area contributed by atoms with Crippen LogP contribution in [0.4, 0.5) is 0 Å². The van der Waals surface area contributed by atoms with Crippen molar-refractivity contribution >= 4 is 29.9 Å². The number of hydrogen-bond donors (Lipinski definition) is 1. The van der Waals surface area contributed by atoms with E-state index in [-0.39, 0.29) is 24.0 Å². The lowest BCUT2D eigenvalue weighted by Crippen LogP contribution is -2.52. The van der Waals surface area contributed by atoms with Crippen LogP contribution in [0.1, 0.15) is 38.8 Å². The molecule has 1 unspecified atom stereocenters. The molecule has 0 bridgehead atoms. The molecule has 8 heteroatoms. The summed E-state index contributed by atoms with van der Waals surface area (Å²) < 4.78 is 4.93. The van der Waals surface area contributed by atoms with Gasteiger partial charge in [0.05, 0.1) is 12.2 Å². The van der Waals surface area contributed by atoms with Crippen molar-refractivity contribution < 1.29 is 4.52 Å². The number of likely N-dealkylation sites (tertiary alicyclic amines) is 1. The lowest BCUT2D eigenvalue weighted by atomic mass is 10.0. The number of hydrogen-bond acceptors (Lipinski definition) is 5. The summed E-state index contributed by atoms with van der Waals surface area (Å²) in [5.41, 5.74) is 1.01. The molecule has 1 aromatic rings. The summed E-state index contributed by atoms with van der Waals surface area (Å²) in [6.45, 7) is 13.5. The molecule has 2 fully saturated rings. The summed E-state index contributed by atoms with van der Waals surface area (Å²) >= 11 is 0. The zero-order chi connectivity index (χ0) is 18.2. The van der Waals surface area contributed by atoms with Crippen LogP contribution < -0.4 is 5.32 Å². The molecular formula is C19H35IN6O. The Balaban J connectivity index is 0.00000261. The van der Waals surface area contributed by atoms with E-state index in [4.69, 9.17) is 9.52 Å². The summed E-state index contributed by atoms with van der Waals surface area (Å²) in [6.07, 6.45) is 5.60. The van der Waals surface area contributed by atoms with Gasteiger partial charge in [0, 0.05) is 51.4 Å². The van der Waals surface area contributed by atoms with Crippen molar-refractivity contribution in [2.24, 2.45) is 4.99 Å². The first-order valence-electron chi connectivity index (χ1n) is 10.2. The largest absolute Gasteiger partial charge is 0.364 e. The molecule has 0 radical (unpaired) electrons. The number of aliphatic imine (C=N–C) groups is 1. The van der Waals surface area contributed by atoms with Crippen molar-refractivity contribution in [2.75, 3.05) is 52.4 Å². The third kappa shape index (κ3) is 6.60. The minimum atomic E-state index is 0. The van der Waals surface area contributed by atoms with Crippen molar-refractivity contribution in [1.82, 2.24) is 25.2 Å². The molecule has 0 aromatic carbocycles. The second-order valence-electron chi connectivity index (χ2n) is 7.23. The van der Waals surface area contributed by atoms with Gasteiger partial charge in [-0.1, -0.05) is 18.5 Å². The Hall–Kier alpha value is -0.870. The Labute approximate surface area is 180 Å². The third-order valence-electron chi connectivity index (χ3n) is 5.49. The van der Waals surface area contributed by atoms with Gasteiger partial charge < -0.3 is 14.7 Å². The van der Waals surface area contributed by atoms with Crippen LogP contribution in [0.3, 0.4) is 0 Å². The molecule has 0 amide bonds. The lowest BCUT2D eigenvalue weighted by molar-refractivity contribution is 0.158. The third-order valence-corrected chi connectivity index (χ3v) is 5.49. The summed E-state index contributed by atoms with van der Waals surface area (Å²) in [5.74, 6) is 1.08. The molecule has 1 aromatic heterocycles. The van der Waals surface area contributed by atoms with Crippen molar-refractivity contribution in [1.29, 1.82) is 0 Å². The maximum Gasteiger partial charge on any atom is 0.194 e. The monoisotopic (exact) mass is 490 g/mol. The van der Waals surface area contributed by atoms with Crippen LogP contribution >= 0.6 is 24.0 Å². The van der Waals surface area contributed by atoms with E-state index in [1.807, 2.05) is 6.07 Å². The summed E-state index contributed by atoms with van der Waals surface area (Å²) in [4.78, 5) is 12.4. The maximum absolute atomic E-state index is 5.00. The highest BCUT2D eigenvalue weighted by Gasteiger charge is 2.23. The number of halogens is 1. The minimum absolute atomic E-state index is 0. The summed E-state index contributed by atoms with van der Waals surface area (Å²) in [5, 5.41) is 7.52. The van der Waals surface area contributed by atoms with E-state index >= 15 is 0 Å². The van der Waals surface area contributed by atoms with Crippen molar-refractivity contribution in [3.05, 3.63) is 18.0 Å². The zero-order valence-electron chi connectivity index (χ0n) is 16.8. The van der Waals surface area contributed by atoms with E-state index in [2.05, 4.69) is 39.0 Å². The average Bonchev–Trinajstić information content (AvgIpc) is 3.19. The number of piperazine rings is 1. The average molecular weight is 490 g/mol. The fourth-order valence-corrected chi connectivity index (χ4v) is 3.97. The highest BCUT2D eigenvalue weighted by molar-refractivity contribution is 14.0. The molecule has 3 rings (SSSR count). The van der Waals surface area contributed by atoms with Gasteiger partial charge in [0.15, 0.2) is 5.96 Å². The predicted molar refractivity (Wildman–Crippen MR) is 120 cm³/mol. The van der Waals surface area contributed by atoms with E-state index in [1.165, 1.54) is 25.8 Å². The maximum atomic E-state index is 5.00. The normalized spacial score (nSPS) is 22.5. The molecule has 0 saturated carbocycles. The second kappa shape index (κ2) is 11.9. The second-order valence-corrected chi connectivity index (χ2v) is 7.23. The molecule has 3 heterocycles. The standard InChI is InChI=1S/C19H34N6O.HI/c1-3-20-19(21-15-18-7-5-6-9-24(18)4-2)25-12-10-23(11-13-25)16-17-8-14-26-22-17;/h8,14,18H,3-7,9-13,15-16H2,1-2H3,(H,20,21);1H. The molecule has 1 atom stereocenters. The quantitative estimate of drug-likeness (QED) is 0.375. The van der Waals surface area contributed by atoms with E-state index in [0.29, 0.717) is 6.04 Å². The first-order chi connectivity index (χ1) is 12.8. The molecule has 0 aliphatic carbocycles. The number of likely N-dealkylation sites (N-methyl/N-ethyl adjacent to an activating group) is 1. The molecule has 2 aliphatic rings. The van der Waals surface area contributed by atoms with Crippen LogP contribution in [0.25, 0.3) is 0 Å². The van der Waals surface area contributed by atoms with Gasteiger partial charge in [0.25, 0.3) is 0 Å². The van der Waals surface area contributed by atoms with Gasteiger partial charge in [-0.05, 0) is 32.9 Å². The molecule has 2 saturated heterocycles. The van der Waals surface area contributed by atoms with Gasteiger partial charge in [-0.2, -0.15) is 0 Å². The number of piperidine rings is 1. The van der Waals surface area contributed by atoms with Crippen LogP contribution in [0, 0.1) is 0 Å². The highest BCUT2D eigenvalue weighted by atomic mass is 127. The number of nitrogens with zero attached hydrogens (tertiary/aromatic N) is 5. The molecule has 1 N–H and O–H groups in total. The van der Waals surface area contributed by atoms with Crippen molar-refractivity contribution in [2.45, 2.75) is 45.7 Å². The first-order valence-corrected chi connectivity index (χ1v) is 10.2. The van der Waals surface area contributed by atoms with Gasteiger partial charge in [0.2, 0.25) is 0 Å². The highest BCUT2D eigenvalue weighted by Crippen LogP contribution is 2.17. The van der Waals surface area contributed by atoms with Crippen LogP contribution in [0.5, 0.6) is 0 Å². The minimum Gasteiger partial charge on any atom is -0.364 e. The summed E-state index contributed by atoms with van der Waals surface area (Å²) in [7, 11) is 0. The van der Waals surface area contributed by atoms with E-state index in [1.54, 1.807) is 6.26 Å². The fraction of sp³-hybridized carbons (Fsp3) is 0.789. The fourth-order valence-electron chi connectivity index (χ4n) is 3.97. The van der Waals surface area contributed by atoms with E-state index in [0.717, 1.165) is 64.0 Å². The predicted octanol–water partition coefficient (Wildman–Crippen LogP) is 2.25. The van der Waals surface area contributed by atoms with Gasteiger partial charge in [-0.25, -0.2) is 0 Å². The molecule has 154 valence electrons. The molecule has 2 aliphatic heterocycles. The van der Waals surface area contributed by atoms with Crippen LogP contribution in [0.15, 0.2) is 21.8 Å². The Morgan fingerprint density at radius 2 is 2.04 bits per heavy atom. The van der Waals surface area contributed by atoms with Crippen molar-refractivity contribution in [3.8, 4) is 0 Å². The van der Waals surface area contributed by atoms with Crippen molar-refractivity contribution in [3.63, 3.8) is 0 Å². The Kier molecular flexibility index (Phi) is 9.84. The van der Waals surface area contributed by atoms with E-state index < -0.39 is 0 Å². The Morgan fingerprint density at radius 1 is 1.22 bits per heavy atom. The van der Waals surface area contributed by atoms with Crippen LogP contribution in [0.2, 0.25) is 0 Å². The van der Waals surface area contributed by atoms with E-state index in [9.17, 15) is 0 Å². The smallest absolute Gasteiger partial charge is 0.194 e. The Morgan fingerprint density at radius 3 is 2.70 bits per heavy atom. The number of guanidine groups is 1. The molecule has 7 nitrogen and oxygen atoms in total. The molecular weight excluding hydrogens is 455 g/mol. The Bertz CT molecular complexity index is 544. The van der Waals surface area contributed by atoms with Gasteiger partial charge in [0.1, 0.15) is 6.26 Å². The topological polar surface area (TPSA) is 60.1 Å². The first kappa shape index (κ1) is 22.4. The SMILES string of the molecule is CCNC(=NCC1CCCCN1CC)N1CCN(Cc2ccon2)CC1.I. The summed E-state index contributed by atoms with van der Waals surface area (Å²) in [6, 6.07) is 2.55. The number of nitrogens with one attached hydrogen (secondary N) is 1. The van der Waals surface area contributed by atoms with Crippen LogP contribution in [-0.4, -0.2) is 84.2 Å². The molecule has 0 spiro atoms. The number of aromatic nitrogens is 1. The van der Waals surface area contributed by atoms with Crippen LogP contribution in [-0.2, 0) is 6.54 Å². The zero-order valence-corrected chi connectivity index (χ0v) is 19.1. The van der Waals surface area contributed by atoms with Gasteiger partial charge in [-0.15, -0.1) is 24.0 Å². The van der Waals surface area contributed by atoms with Gasteiger partial charge >= 0.3 is 0 Å². The lowest BCUT2D eigenvalue weighted by Gasteiger charge is -2.37. The van der Waals surface area contributed by atoms with Gasteiger partial charge in [-0.3, -0.25) is 14.8 Å². The molecule has 27 heavy (non-hydrogen) atoms.